The van der Waals surface area contributed by atoms with Gasteiger partial charge in [0.25, 0.3) is 0 Å². The zero-order valence-corrected chi connectivity index (χ0v) is 14.4. The number of benzene rings is 2. The van der Waals surface area contributed by atoms with Gasteiger partial charge < -0.3 is 32.9 Å². The molecule has 0 aliphatic carbocycles. The average molecular weight is 373 g/mol. The molecule has 1 aromatic heterocycles. The second kappa shape index (κ2) is 6.17. The molecule has 1 aliphatic heterocycles. The minimum atomic E-state index is -5.09. The standard InChI is InChI=1S/C17H14NO7P/c1-10-6-12(7-15-17(10)23-9-22-15)16-14(8-24-18-16)11-2-4-13(5-3-11)25-26(19,20)21/h2-8H,9H2,1H3,(H2,19,20,21)/p-2. The molecule has 0 amide bonds. The number of phosphoric ester groups is 1. The van der Waals surface area contributed by atoms with E-state index in [4.69, 9.17) is 14.0 Å². The molecule has 0 bridgehead atoms. The molecule has 9 heteroatoms. The van der Waals surface area contributed by atoms with Gasteiger partial charge in [-0.2, -0.15) is 0 Å². The van der Waals surface area contributed by atoms with Crippen LogP contribution in [-0.2, 0) is 4.57 Å². The number of rotatable bonds is 4. The quantitative estimate of drug-likeness (QED) is 0.639. The highest BCUT2D eigenvalue weighted by molar-refractivity contribution is 7.43. The summed E-state index contributed by atoms with van der Waals surface area (Å²) < 4.78 is 31.0. The molecule has 134 valence electrons. The molecular weight excluding hydrogens is 361 g/mol. The summed E-state index contributed by atoms with van der Waals surface area (Å²) in [4.78, 5) is 21.4. The first-order chi connectivity index (χ1) is 12.4. The molecule has 0 fully saturated rings. The van der Waals surface area contributed by atoms with E-state index in [-0.39, 0.29) is 12.5 Å². The van der Waals surface area contributed by atoms with Crippen molar-refractivity contribution in [1.29, 1.82) is 0 Å². The number of nitrogens with zero attached hydrogens (tertiary/aromatic N) is 1. The summed E-state index contributed by atoms with van der Waals surface area (Å²) in [7, 11) is -5.09. The molecule has 4 rings (SSSR count). The van der Waals surface area contributed by atoms with Crippen LogP contribution in [-0.4, -0.2) is 11.9 Å². The molecule has 1 aliphatic rings. The molecule has 3 aromatic rings. The van der Waals surface area contributed by atoms with Crippen LogP contribution in [0.15, 0.2) is 47.2 Å². The molecule has 26 heavy (non-hydrogen) atoms. The van der Waals surface area contributed by atoms with E-state index in [0.29, 0.717) is 22.8 Å². The van der Waals surface area contributed by atoms with Crippen molar-refractivity contribution < 1.29 is 32.9 Å². The van der Waals surface area contributed by atoms with Crippen LogP contribution in [0, 0.1) is 6.92 Å². The van der Waals surface area contributed by atoms with Gasteiger partial charge >= 0.3 is 0 Å². The highest BCUT2D eigenvalue weighted by atomic mass is 31.2. The summed E-state index contributed by atoms with van der Waals surface area (Å²) in [6.45, 7) is 2.09. The summed E-state index contributed by atoms with van der Waals surface area (Å²) in [5.74, 6) is 1.29. The van der Waals surface area contributed by atoms with Gasteiger partial charge in [0.15, 0.2) is 11.5 Å². The molecule has 2 heterocycles. The number of hydrogen-bond acceptors (Lipinski definition) is 8. The summed E-state index contributed by atoms with van der Waals surface area (Å²) >= 11 is 0. The fourth-order valence-electron chi connectivity index (χ4n) is 2.80. The fraction of sp³-hybridized carbons (Fsp3) is 0.118. The molecule has 0 radical (unpaired) electrons. The monoisotopic (exact) mass is 373 g/mol. The van der Waals surface area contributed by atoms with E-state index >= 15 is 0 Å². The first-order valence-electron chi connectivity index (χ1n) is 7.58. The third-order valence-corrected chi connectivity index (χ3v) is 4.32. The molecule has 2 aromatic carbocycles. The second-order valence-electron chi connectivity index (χ2n) is 5.67. The van der Waals surface area contributed by atoms with Gasteiger partial charge in [0.05, 0.1) is 0 Å². The first-order valence-corrected chi connectivity index (χ1v) is 9.04. The number of hydrogen-bond donors (Lipinski definition) is 0. The summed E-state index contributed by atoms with van der Waals surface area (Å²) in [6, 6.07) is 9.73. The number of phosphoric acid groups is 1. The summed E-state index contributed by atoms with van der Waals surface area (Å²) in [5, 5.41) is 4.06. The molecule has 0 unspecified atom stereocenters. The third-order valence-electron chi connectivity index (χ3n) is 3.88. The molecule has 0 saturated heterocycles. The van der Waals surface area contributed by atoms with Crippen LogP contribution in [0.25, 0.3) is 22.4 Å². The van der Waals surface area contributed by atoms with Crippen LogP contribution in [0.5, 0.6) is 17.2 Å². The lowest BCUT2D eigenvalue weighted by atomic mass is 10.00. The fourth-order valence-corrected chi connectivity index (χ4v) is 3.18. The van der Waals surface area contributed by atoms with Gasteiger partial charge in [-0.25, -0.2) is 0 Å². The normalized spacial score (nSPS) is 13.0. The van der Waals surface area contributed by atoms with E-state index < -0.39 is 7.82 Å². The van der Waals surface area contributed by atoms with Crippen molar-refractivity contribution in [3.05, 3.63) is 48.2 Å². The minimum Gasteiger partial charge on any atom is -0.780 e. The van der Waals surface area contributed by atoms with Gasteiger partial charge in [-0.3, -0.25) is 0 Å². The summed E-state index contributed by atoms with van der Waals surface area (Å²) in [6.07, 6.45) is 1.48. The Bertz CT molecular complexity index is 1010. The van der Waals surface area contributed by atoms with Gasteiger partial charge in [-0.15, -0.1) is 0 Å². The van der Waals surface area contributed by atoms with Crippen LogP contribution in [0.3, 0.4) is 0 Å². The average Bonchev–Trinajstić information content (AvgIpc) is 3.23. The van der Waals surface area contributed by atoms with Gasteiger partial charge in [0.1, 0.15) is 25.5 Å². The predicted octanol–water partition coefficient (Wildman–Crippen LogP) is 2.25. The molecule has 0 saturated carbocycles. The van der Waals surface area contributed by atoms with E-state index in [0.717, 1.165) is 16.7 Å². The Morgan fingerprint density at radius 2 is 1.88 bits per heavy atom. The lowest BCUT2D eigenvalue weighted by Gasteiger charge is -2.28. The Morgan fingerprint density at radius 3 is 2.62 bits per heavy atom. The van der Waals surface area contributed by atoms with E-state index in [1.54, 1.807) is 12.1 Å². The van der Waals surface area contributed by atoms with Crippen molar-refractivity contribution in [1.82, 2.24) is 5.16 Å². The van der Waals surface area contributed by atoms with Crippen molar-refractivity contribution in [3.63, 3.8) is 0 Å². The van der Waals surface area contributed by atoms with Crippen molar-refractivity contribution >= 4 is 7.82 Å². The van der Waals surface area contributed by atoms with Crippen LogP contribution < -0.4 is 23.8 Å². The van der Waals surface area contributed by atoms with E-state index in [1.165, 1.54) is 18.4 Å². The molecule has 0 N–H and O–H groups in total. The van der Waals surface area contributed by atoms with Crippen LogP contribution in [0.4, 0.5) is 0 Å². The second-order valence-corrected chi connectivity index (χ2v) is 6.74. The number of aromatic nitrogens is 1. The van der Waals surface area contributed by atoms with E-state index in [2.05, 4.69) is 9.68 Å². The smallest absolute Gasteiger partial charge is 0.231 e. The van der Waals surface area contributed by atoms with Crippen molar-refractivity contribution in [2.45, 2.75) is 6.92 Å². The van der Waals surface area contributed by atoms with Gasteiger partial charge in [-0.1, -0.05) is 17.3 Å². The maximum atomic E-state index is 10.7. The minimum absolute atomic E-state index is 0.0565. The highest BCUT2D eigenvalue weighted by Gasteiger charge is 2.20. The van der Waals surface area contributed by atoms with Crippen LogP contribution in [0.2, 0.25) is 0 Å². The number of ether oxygens (including phenoxy) is 2. The van der Waals surface area contributed by atoms with Crippen molar-refractivity contribution in [3.8, 4) is 39.6 Å². The predicted molar refractivity (Wildman–Crippen MR) is 86.5 cm³/mol. The largest absolute Gasteiger partial charge is 0.780 e. The van der Waals surface area contributed by atoms with Crippen LogP contribution in [0.1, 0.15) is 5.56 Å². The zero-order chi connectivity index (χ0) is 18.3. The Morgan fingerprint density at radius 1 is 1.12 bits per heavy atom. The van der Waals surface area contributed by atoms with Crippen LogP contribution >= 0.6 is 7.82 Å². The Balaban J connectivity index is 1.70. The van der Waals surface area contributed by atoms with Gasteiger partial charge in [0.2, 0.25) is 6.79 Å². The molecule has 0 spiro atoms. The highest BCUT2D eigenvalue weighted by Crippen LogP contribution is 2.41. The third kappa shape index (κ3) is 3.17. The van der Waals surface area contributed by atoms with E-state index in [1.807, 2.05) is 19.1 Å². The molecular formula is C17H12NO7P-2. The van der Waals surface area contributed by atoms with Crippen molar-refractivity contribution in [2.24, 2.45) is 0 Å². The maximum absolute atomic E-state index is 10.7. The van der Waals surface area contributed by atoms with Crippen molar-refractivity contribution in [2.75, 3.05) is 6.79 Å². The zero-order valence-electron chi connectivity index (χ0n) is 13.5. The first kappa shape index (κ1) is 16.7. The van der Waals surface area contributed by atoms with Gasteiger partial charge in [0, 0.05) is 11.1 Å². The SMILES string of the molecule is Cc1cc(-c2nocc2-c2ccc(OP(=O)([O-])[O-])cc2)cc2c1OCO2. The number of fused-ring (bicyclic) bond motifs is 1. The summed E-state index contributed by atoms with van der Waals surface area (Å²) in [5.41, 5.74) is 3.71. The Kier molecular flexibility index (Phi) is 3.96. The maximum Gasteiger partial charge on any atom is 0.231 e. The Hall–Kier alpha value is -2.80. The number of aryl methyl sites for hydroxylation is 1. The molecule has 8 nitrogen and oxygen atoms in total. The lowest BCUT2D eigenvalue weighted by molar-refractivity contribution is -0.333. The van der Waals surface area contributed by atoms with E-state index in [9.17, 15) is 14.4 Å². The lowest BCUT2D eigenvalue weighted by Crippen LogP contribution is -2.18. The molecule has 0 atom stereocenters. The Labute approximate surface area is 148 Å². The topological polar surface area (TPSA) is 117 Å². The van der Waals surface area contributed by atoms with Gasteiger partial charge in [-0.05, 0) is 42.3 Å².